The van der Waals surface area contributed by atoms with E-state index in [-0.39, 0.29) is 23.7 Å². The molecule has 0 aromatic heterocycles. The lowest BCUT2D eigenvalue weighted by Crippen LogP contribution is -2.43. The maximum Gasteiger partial charge on any atom is 0.226 e. The molecular formula is C19H25NO3. The van der Waals surface area contributed by atoms with E-state index in [0.717, 1.165) is 56.4 Å². The number of ketones is 1. The van der Waals surface area contributed by atoms with E-state index in [4.69, 9.17) is 4.74 Å². The molecule has 0 spiro atoms. The van der Waals surface area contributed by atoms with E-state index in [1.54, 1.807) is 7.11 Å². The van der Waals surface area contributed by atoms with Gasteiger partial charge in [-0.15, -0.1) is 0 Å². The number of ether oxygens (including phenoxy) is 1. The molecule has 23 heavy (non-hydrogen) atoms. The molecule has 0 radical (unpaired) electrons. The Kier molecular flexibility index (Phi) is 4.69. The first-order chi connectivity index (χ1) is 11.1. The van der Waals surface area contributed by atoms with Crippen molar-refractivity contribution >= 4 is 11.7 Å². The maximum absolute atomic E-state index is 12.9. The van der Waals surface area contributed by atoms with Crippen LogP contribution in [0.4, 0.5) is 0 Å². The van der Waals surface area contributed by atoms with Crippen LogP contribution in [-0.4, -0.2) is 36.3 Å². The molecule has 2 fully saturated rings. The summed E-state index contributed by atoms with van der Waals surface area (Å²) in [5, 5.41) is 0. The molecular weight excluding hydrogens is 290 g/mol. The average Bonchev–Trinajstić information content (AvgIpc) is 3.24. The summed E-state index contributed by atoms with van der Waals surface area (Å²) in [6.07, 6.45) is 5.95. The molecule has 1 heterocycles. The van der Waals surface area contributed by atoms with Gasteiger partial charge in [-0.2, -0.15) is 0 Å². The highest BCUT2D eigenvalue weighted by atomic mass is 16.5. The van der Waals surface area contributed by atoms with Crippen LogP contribution >= 0.6 is 0 Å². The lowest BCUT2D eigenvalue weighted by Gasteiger charge is -2.26. The number of carbonyl (C=O) groups is 2. The molecule has 1 atom stereocenters. The highest BCUT2D eigenvalue weighted by molar-refractivity contribution is 6.02. The van der Waals surface area contributed by atoms with Gasteiger partial charge in [-0.25, -0.2) is 0 Å². The van der Waals surface area contributed by atoms with E-state index < -0.39 is 0 Å². The van der Waals surface area contributed by atoms with Crippen molar-refractivity contribution in [1.82, 2.24) is 4.90 Å². The third-order valence-electron chi connectivity index (χ3n) is 5.22. The van der Waals surface area contributed by atoms with E-state index in [1.807, 2.05) is 30.0 Å². The summed E-state index contributed by atoms with van der Waals surface area (Å²) >= 11 is 0. The number of amides is 1. The SMILES string of the molecule is COc1ccc(C(=O)C2CCCN2C(=O)C2CCCC2)cc1C. The molecule has 0 N–H and O–H groups in total. The normalized spacial score (nSPS) is 21.7. The number of rotatable bonds is 4. The van der Waals surface area contributed by atoms with Crippen LogP contribution < -0.4 is 4.74 Å². The molecule has 3 rings (SSSR count). The van der Waals surface area contributed by atoms with Crippen LogP contribution in [0.3, 0.4) is 0 Å². The number of hydrogen-bond acceptors (Lipinski definition) is 3. The van der Waals surface area contributed by atoms with Gasteiger partial charge in [0, 0.05) is 18.0 Å². The summed E-state index contributed by atoms with van der Waals surface area (Å²) < 4.78 is 5.26. The second-order valence-corrected chi connectivity index (χ2v) is 6.72. The Morgan fingerprint density at radius 2 is 1.87 bits per heavy atom. The fourth-order valence-electron chi connectivity index (χ4n) is 3.93. The number of aryl methyl sites for hydroxylation is 1. The number of likely N-dealkylation sites (tertiary alicyclic amines) is 1. The summed E-state index contributed by atoms with van der Waals surface area (Å²) in [6.45, 7) is 2.66. The topological polar surface area (TPSA) is 46.6 Å². The number of hydrogen-bond donors (Lipinski definition) is 0. The molecule has 2 aliphatic rings. The monoisotopic (exact) mass is 315 g/mol. The minimum atomic E-state index is -0.282. The largest absolute Gasteiger partial charge is 0.496 e. The standard InChI is InChI=1S/C19H25NO3/c1-13-12-15(9-10-17(13)23-2)18(21)16-8-5-11-20(16)19(22)14-6-3-4-7-14/h9-10,12,14,16H,3-8,11H2,1-2H3. The van der Waals surface area contributed by atoms with Gasteiger partial charge < -0.3 is 9.64 Å². The molecule has 1 unspecified atom stereocenters. The number of benzene rings is 1. The minimum Gasteiger partial charge on any atom is -0.496 e. The summed E-state index contributed by atoms with van der Waals surface area (Å²) in [5.74, 6) is 1.19. The molecule has 1 amide bonds. The molecule has 1 aliphatic heterocycles. The van der Waals surface area contributed by atoms with Gasteiger partial charge in [-0.05, 0) is 56.4 Å². The third kappa shape index (κ3) is 3.12. The first kappa shape index (κ1) is 16.0. The fraction of sp³-hybridized carbons (Fsp3) is 0.579. The van der Waals surface area contributed by atoms with Crippen LogP contribution in [0.25, 0.3) is 0 Å². The summed E-state index contributed by atoms with van der Waals surface area (Å²) in [4.78, 5) is 27.5. The van der Waals surface area contributed by atoms with Gasteiger partial charge in [-0.1, -0.05) is 12.8 Å². The van der Waals surface area contributed by atoms with E-state index in [1.165, 1.54) is 0 Å². The Balaban J connectivity index is 1.77. The van der Waals surface area contributed by atoms with Crippen molar-refractivity contribution in [3.63, 3.8) is 0 Å². The third-order valence-corrected chi connectivity index (χ3v) is 5.22. The molecule has 1 saturated carbocycles. The summed E-state index contributed by atoms with van der Waals surface area (Å²) in [6, 6.07) is 5.24. The zero-order chi connectivity index (χ0) is 16.4. The average molecular weight is 315 g/mol. The quantitative estimate of drug-likeness (QED) is 0.800. The van der Waals surface area contributed by atoms with E-state index in [0.29, 0.717) is 5.56 Å². The fourth-order valence-corrected chi connectivity index (χ4v) is 3.93. The summed E-state index contributed by atoms with van der Waals surface area (Å²) in [5.41, 5.74) is 1.63. The van der Waals surface area contributed by atoms with Crippen LogP contribution in [0.5, 0.6) is 5.75 Å². The van der Waals surface area contributed by atoms with Crippen molar-refractivity contribution in [2.45, 2.75) is 51.5 Å². The molecule has 124 valence electrons. The van der Waals surface area contributed by atoms with Crippen LogP contribution in [0.1, 0.15) is 54.4 Å². The highest BCUT2D eigenvalue weighted by Gasteiger charge is 2.38. The van der Waals surface area contributed by atoms with Crippen LogP contribution in [0.2, 0.25) is 0 Å². The smallest absolute Gasteiger partial charge is 0.226 e. The second-order valence-electron chi connectivity index (χ2n) is 6.72. The van der Waals surface area contributed by atoms with E-state index in [9.17, 15) is 9.59 Å². The molecule has 1 aliphatic carbocycles. The van der Waals surface area contributed by atoms with Gasteiger partial charge >= 0.3 is 0 Å². The Bertz CT molecular complexity index is 605. The molecule has 0 bridgehead atoms. The van der Waals surface area contributed by atoms with Crippen molar-refractivity contribution in [3.8, 4) is 5.75 Å². The Labute approximate surface area is 137 Å². The van der Waals surface area contributed by atoms with Crippen LogP contribution in [0.15, 0.2) is 18.2 Å². The second kappa shape index (κ2) is 6.73. The molecule has 1 aromatic rings. The van der Waals surface area contributed by atoms with Crippen LogP contribution in [0, 0.1) is 12.8 Å². The van der Waals surface area contributed by atoms with Crippen molar-refractivity contribution in [2.75, 3.05) is 13.7 Å². The molecule has 4 heteroatoms. The van der Waals surface area contributed by atoms with Gasteiger partial charge in [0.25, 0.3) is 0 Å². The van der Waals surface area contributed by atoms with E-state index >= 15 is 0 Å². The lowest BCUT2D eigenvalue weighted by molar-refractivity contribution is -0.135. The number of methoxy groups -OCH3 is 1. The Morgan fingerprint density at radius 3 is 2.52 bits per heavy atom. The maximum atomic E-state index is 12.9. The first-order valence-electron chi connectivity index (χ1n) is 8.61. The summed E-state index contributed by atoms with van der Waals surface area (Å²) in [7, 11) is 1.63. The Morgan fingerprint density at radius 1 is 1.13 bits per heavy atom. The Hall–Kier alpha value is -1.84. The zero-order valence-corrected chi connectivity index (χ0v) is 14.0. The van der Waals surface area contributed by atoms with Crippen molar-refractivity contribution in [1.29, 1.82) is 0 Å². The highest BCUT2D eigenvalue weighted by Crippen LogP contribution is 2.31. The predicted molar refractivity (Wildman–Crippen MR) is 88.8 cm³/mol. The van der Waals surface area contributed by atoms with Crippen molar-refractivity contribution in [2.24, 2.45) is 5.92 Å². The van der Waals surface area contributed by atoms with Gasteiger partial charge in [0.1, 0.15) is 5.75 Å². The van der Waals surface area contributed by atoms with Gasteiger partial charge in [-0.3, -0.25) is 9.59 Å². The predicted octanol–water partition coefficient (Wildman–Crippen LogP) is 3.37. The van der Waals surface area contributed by atoms with Gasteiger partial charge in [0.05, 0.1) is 13.2 Å². The minimum absolute atomic E-state index is 0.0691. The molecule has 1 saturated heterocycles. The zero-order valence-electron chi connectivity index (χ0n) is 14.0. The van der Waals surface area contributed by atoms with Gasteiger partial charge in [0.2, 0.25) is 5.91 Å². The lowest BCUT2D eigenvalue weighted by atomic mass is 9.99. The van der Waals surface area contributed by atoms with Crippen molar-refractivity contribution in [3.05, 3.63) is 29.3 Å². The van der Waals surface area contributed by atoms with Crippen molar-refractivity contribution < 1.29 is 14.3 Å². The van der Waals surface area contributed by atoms with E-state index in [2.05, 4.69) is 0 Å². The number of carbonyl (C=O) groups excluding carboxylic acids is 2. The van der Waals surface area contributed by atoms with Gasteiger partial charge in [0.15, 0.2) is 5.78 Å². The molecule has 4 nitrogen and oxygen atoms in total. The number of Topliss-reactive ketones (excluding diaryl/α,β-unsaturated/α-hetero) is 1. The number of nitrogens with zero attached hydrogens (tertiary/aromatic N) is 1. The van der Waals surface area contributed by atoms with Crippen LogP contribution in [-0.2, 0) is 4.79 Å². The first-order valence-corrected chi connectivity index (χ1v) is 8.61. The molecule has 1 aromatic carbocycles.